The third kappa shape index (κ3) is 8.00. The number of imidazole rings is 1. The maximum absolute atomic E-state index is 12.0. The number of anilines is 1. The highest BCUT2D eigenvalue weighted by Gasteiger charge is 2.56. The van der Waals surface area contributed by atoms with Crippen LogP contribution in [-0.2, 0) is 41.5 Å². The number of ether oxygens (including phenoxy) is 3. The Hall–Kier alpha value is -1.56. The Morgan fingerprint density at radius 2 is 1.40 bits per heavy atom. The molecule has 4 heterocycles. The van der Waals surface area contributed by atoms with Crippen molar-refractivity contribution in [2.45, 2.75) is 55.2 Å². The van der Waals surface area contributed by atoms with Crippen LogP contribution in [0, 0.1) is 0 Å². The fraction of sp³-hybridized carbons (Fsp3) is 0.706. The monoisotopic (exact) mass is 683 g/mol. The van der Waals surface area contributed by atoms with Gasteiger partial charge >= 0.3 is 23.5 Å². The highest BCUT2D eigenvalue weighted by Crippen LogP contribution is 2.49. The Kier molecular flexibility index (Phi) is 10.4. The number of aromatic nitrogens is 4. The van der Waals surface area contributed by atoms with Crippen LogP contribution in [0.25, 0.3) is 11.2 Å². The van der Waals surface area contributed by atoms with E-state index >= 15 is 0 Å². The molecule has 2 aromatic heterocycles. The van der Waals surface area contributed by atoms with E-state index in [1.165, 1.54) is 10.9 Å². The number of hydrogen-bond acceptors (Lipinski definition) is 16. The summed E-state index contributed by atoms with van der Waals surface area (Å²) in [7, 11) is -14.8. The number of rotatable bonds is 12. The first-order valence-corrected chi connectivity index (χ1v) is 16.5. The van der Waals surface area contributed by atoms with Gasteiger partial charge in [-0.2, -0.15) is 0 Å². The number of nitrogens with zero attached hydrogens (tertiary/aromatic N) is 4. The van der Waals surface area contributed by atoms with Gasteiger partial charge in [0.25, 0.3) is 0 Å². The Balaban J connectivity index is 1.71. The number of nitrogens with one attached hydrogen (secondary N) is 1. The van der Waals surface area contributed by atoms with Crippen molar-refractivity contribution in [3.8, 4) is 0 Å². The van der Waals surface area contributed by atoms with Crippen molar-refractivity contribution in [2.75, 3.05) is 25.6 Å². The van der Waals surface area contributed by atoms with Gasteiger partial charge in [-0.05, 0) is 0 Å². The van der Waals surface area contributed by atoms with Gasteiger partial charge in [0.05, 0.1) is 19.5 Å². The second kappa shape index (κ2) is 13.0. The van der Waals surface area contributed by atoms with E-state index in [1.54, 1.807) is 7.05 Å². The topological polar surface area (TPSA) is 344 Å². The molecule has 9 atom stereocenters. The fourth-order valence-corrected chi connectivity index (χ4v) is 6.28. The summed E-state index contributed by atoms with van der Waals surface area (Å²) in [6.07, 6.45) is -15.1. The molecule has 23 nitrogen and oxygen atoms in total. The quantitative estimate of drug-likeness (QED) is 0.0977. The summed E-state index contributed by atoms with van der Waals surface area (Å²) in [5.74, 6) is 0.276. The second-order valence-corrected chi connectivity index (χ2v) is 12.6. The highest BCUT2D eigenvalue weighted by atomic mass is 31.2. The molecular weight excluding hydrogens is 655 g/mol. The van der Waals surface area contributed by atoms with E-state index in [2.05, 4.69) is 29.3 Å². The molecule has 26 heteroatoms. The van der Waals surface area contributed by atoms with Crippen molar-refractivity contribution in [3.63, 3.8) is 0 Å². The van der Waals surface area contributed by atoms with Gasteiger partial charge in [-0.25, -0.2) is 28.6 Å². The van der Waals surface area contributed by atoms with E-state index in [4.69, 9.17) is 18.7 Å². The van der Waals surface area contributed by atoms with Gasteiger partial charge in [-0.1, -0.05) is 0 Å². The van der Waals surface area contributed by atoms with E-state index in [0.29, 0.717) is 0 Å². The molecule has 0 spiro atoms. The molecule has 43 heavy (non-hydrogen) atoms. The second-order valence-electron chi connectivity index (χ2n) is 9.04. The first-order valence-electron chi connectivity index (χ1n) is 11.9. The van der Waals surface area contributed by atoms with Gasteiger partial charge in [0.2, 0.25) is 0 Å². The smallest absolute Gasteiger partial charge is 0.394 e. The summed E-state index contributed by atoms with van der Waals surface area (Å²) in [6.45, 7) is -2.01. The van der Waals surface area contributed by atoms with Crippen molar-refractivity contribution >= 4 is 40.4 Å². The predicted octanol–water partition coefficient (Wildman–Crippen LogP) is -3.35. The average molecular weight is 683 g/mol. The van der Waals surface area contributed by atoms with Crippen molar-refractivity contribution in [1.82, 2.24) is 19.5 Å². The van der Waals surface area contributed by atoms with Crippen LogP contribution in [0.1, 0.15) is 6.23 Å². The van der Waals surface area contributed by atoms with Gasteiger partial charge in [0.15, 0.2) is 24.0 Å². The molecule has 2 aromatic rings. The van der Waals surface area contributed by atoms with Crippen LogP contribution >= 0.6 is 23.5 Å². The number of aliphatic hydroxyl groups excluding tert-OH is 3. The zero-order chi connectivity index (χ0) is 31.9. The lowest BCUT2D eigenvalue weighted by molar-refractivity contribution is -0.313. The summed E-state index contributed by atoms with van der Waals surface area (Å²) in [4.78, 5) is 68.8. The number of phosphoric ester groups is 3. The van der Waals surface area contributed by atoms with Crippen LogP contribution in [0.5, 0.6) is 0 Å². The van der Waals surface area contributed by atoms with Gasteiger partial charge in [0.1, 0.15) is 54.6 Å². The van der Waals surface area contributed by atoms with Crippen LogP contribution in [0.4, 0.5) is 5.82 Å². The van der Waals surface area contributed by atoms with Crippen molar-refractivity contribution < 1.29 is 86.2 Å². The van der Waals surface area contributed by atoms with Crippen molar-refractivity contribution in [2.24, 2.45) is 0 Å². The first kappa shape index (κ1) is 34.3. The average Bonchev–Trinajstić information content (AvgIpc) is 3.46. The minimum absolute atomic E-state index is 0.0860. The van der Waals surface area contributed by atoms with Crippen LogP contribution in [0.3, 0.4) is 0 Å². The van der Waals surface area contributed by atoms with E-state index in [9.17, 15) is 58.4 Å². The van der Waals surface area contributed by atoms with E-state index in [0.717, 1.165) is 6.33 Å². The Morgan fingerprint density at radius 3 is 1.95 bits per heavy atom. The minimum Gasteiger partial charge on any atom is -0.394 e. The lowest BCUT2D eigenvalue weighted by atomic mass is 9.99. The van der Waals surface area contributed by atoms with Crippen LogP contribution < -0.4 is 5.32 Å². The summed E-state index contributed by atoms with van der Waals surface area (Å²) < 4.78 is 67.0. The molecule has 3 unspecified atom stereocenters. The molecule has 10 N–H and O–H groups in total. The zero-order valence-electron chi connectivity index (χ0n) is 21.6. The molecular formula is C17H28N5O18P3. The number of aliphatic hydroxyl groups is 3. The van der Waals surface area contributed by atoms with Gasteiger partial charge in [-0.3, -0.25) is 18.1 Å². The fourth-order valence-electron chi connectivity index (χ4n) is 4.61. The Bertz CT molecular complexity index is 1410. The summed E-state index contributed by atoms with van der Waals surface area (Å²) in [5, 5.41) is 33.5. The molecule has 2 aliphatic rings. The number of hydrogen-bond donors (Lipinski definition) is 10. The molecule has 0 bridgehead atoms. The molecule has 2 fully saturated rings. The highest BCUT2D eigenvalue weighted by molar-refractivity contribution is 7.46. The molecule has 244 valence electrons. The molecule has 0 aromatic carbocycles. The van der Waals surface area contributed by atoms with Gasteiger partial charge in [0, 0.05) is 7.05 Å². The Labute approximate surface area is 240 Å². The van der Waals surface area contributed by atoms with E-state index in [-0.39, 0.29) is 17.0 Å². The lowest BCUT2D eigenvalue weighted by Crippen LogP contribution is -2.61. The van der Waals surface area contributed by atoms with E-state index < -0.39 is 91.9 Å². The summed E-state index contributed by atoms with van der Waals surface area (Å²) in [6, 6.07) is 0. The molecule has 2 saturated heterocycles. The maximum atomic E-state index is 12.0. The number of fused-ring (bicyclic) bond motifs is 1. The molecule has 2 aliphatic heterocycles. The minimum atomic E-state index is -5.51. The van der Waals surface area contributed by atoms with Gasteiger partial charge < -0.3 is 64.2 Å². The first-order chi connectivity index (χ1) is 20.0. The van der Waals surface area contributed by atoms with Crippen molar-refractivity contribution in [3.05, 3.63) is 12.7 Å². The molecule has 4 rings (SSSR count). The molecule has 0 saturated carbocycles. The third-order valence-electron chi connectivity index (χ3n) is 6.20. The lowest BCUT2D eigenvalue weighted by Gasteiger charge is -2.44. The third-order valence-corrected chi connectivity index (χ3v) is 7.75. The normalized spacial score (nSPS) is 32.4. The molecule has 0 amide bonds. The van der Waals surface area contributed by atoms with Crippen molar-refractivity contribution in [1.29, 1.82) is 0 Å². The summed E-state index contributed by atoms with van der Waals surface area (Å²) in [5.41, 5.74) is 0.293. The molecule has 0 radical (unpaired) electrons. The maximum Gasteiger partial charge on any atom is 0.470 e. The van der Waals surface area contributed by atoms with Crippen LogP contribution in [-0.4, -0.2) is 133 Å². The SMILES string of the molecule is CNc1ncnc2c1ncn2C1O[C@H](CO)[C@H](O[C@@H]2OC(CO)[C@H](OP(=O)(O)O)C(OP(=O)(O)O)[C@@H]2O)[C@@H]1OP(=O)(O)O. The van der Waals surface area contributed by atoms with Crippen LogP contribution in [0.2, 0.25) is 0 Å². The molecule has 0 aliphatic carbocycles. The van der Waals surface area contributed by atoms with E-state index in [1.807, 2.05) is 0 Å². The number of phosphoric acid groups is 3. The zero-order valence-corrected chi connectivity index (χ0v) is 24.3. The summed E-state index contributed by atoms with van der Waals surface area (Å²) >= 11 is 0. The predicted molar refractivity (Wildman–Crippen MR) is 133 cm³/mol. The van der Waals surface area contributed by atoms with Crippen LogP contribution in [0.15, 0.2) is 12.7 Å². The largest absolute Gasteiger partial charge is 0.470 e. The standard InChI is InChI=1S/C17H28N5O18P3/c1-18-14-8-15(20-4-19-14)22(5-21-8)16-13(40-43(32,33)34)10(6(2-23)35-16)37-17-9(25)12(39-42(29,30)31)11(7(3-24)36-17)38-41(26,27)28/h4-7,9-13,16-17,23-25H,2-3H2,1H3,(H,18,19,20)(H2,26,27,28)(H2,29,30,31)(H2,32,33,34)/t6-,7?,9+,10+,11+,12?,13+,16?,17+/m1/s1. The van der Waals surface area contributed by atoms with Gasteiger partial charge in [-0.15, -0.1) is 0 Å². The Morgan fingerprint density at radius 1 is 0.837 bits per heavy atom.